The molecule has 0 fully saturated rings. The number of benzene rings is 3. The summed E-state index contributed by atoms with van der Waals surface area (Å²) in [5.74, 6) is -1.00. The van der Waals surface area contributed by atoms with E-state index >= 15 is 0 Å². The molecule has 2 amide bonds. The standard InChI is InChI=1S/C29H31N5O5/c1-5-33(6-2)24-15-12-21(13-16-24)18-25(30-28(35)22-10-8-7-9-11-22)29(36)32-31-20(3)23-14-17-27(39-4)26(19-23)34(37)38/h7-19H,5-6H2,1-4H3,(H,30,35)(H,32,36)/b25-18+,31-20-. The van der Waals surface area contributed by atoms with E-state index in [4.69, 9.17) is 4.74 Å². The molecule has 0 spiro atoms. The molecule has 0 radical (unpaired) electrons. The van der Waals surface area contributed by atoms with Crippen LogP contribution in [-0.4, -0.2) is 42.6 Å². The first-order valence-electron chi connectivity index (χ1n) is 12.4. The highest BCUT2D eigenvalue weighted by Crippen LogP contribution is 2.27. The van der Waals surface area contributed by atoms with Crippen molar-refractivity contribution in [3.8, 4) is 5.75 Å². The zero-order chi connectivity index (χ0) is 28.4. The van der Waals surface area contributed by atoms with E-state index < -0.39 is 16.7 Å². The lowest BCUT2D eigenvalue weighted by Gasteiger charge is -2.21. The molecule has 0 saturated carbocycles. The largest absolute Gasteiger partial charge is 0.490 e. The van der Waals surface area contributed by atoms with Crippen molar-refractivity contribution in [2.75, 3.05) is 25.1 Å². The van der Waals surface area contributed by atoms with Gasteiger partial charge in [0.25, 0.3) is 11.8 Å². The third kappa shape index (κ3) is 7.51. The van der Waals surface area contributed by atoms with Gasteiger partial charge >= 0.3 is 5.69 Å². The number of hydrogen-bond donors (Lipinski definition) is 2. The molecule has 39 heavy (non-hydrogen) atoms. The molecule has 3 aromatic rings. The lowest BCUT2D eigenvalue weighted by atomic mass is 10.1. The first kappa shape index (κ1) is 28.6. The van der Waals surface area contributed by atoms with Gasteiger partial charge in [-0.3, -0.25) is 19.7 Å². The molecule has 202 valence electrons. The normalized spacial score (nSPS) is 11.5. The van der Waals surface area contributed by atoms with Crippen LogP contribution in [0, 0.1) is 10.1 Å². The number of nitro benzene ring substituents is 1. The number of hydrogen-bond acceptors (Lipinski definition) is 7. The van der Waals surface area contributed by atoms with Gasteiger partial charge in [0.05, 0.1) is 17.7 Å². The third-order valence-electron chi connectivity index (χ3n) is 5.98. The van der Waals surface area contributed by atoms with E-state index in [2.05, 4.69) is 34.6 Å². The first-order chi connectivity index (χ1) is 18.8. The predicted octanol–water partition coefficient (Wildman–Crippen LogP) is 4.76. The van der Waals surface area contributed by atoms with Crippen molar-refractivity contribution in [2.24, 2.45) is 5.10 Å². The molecular weight excluding hydrogens is 498 g/mol. The molecule has 3 rings (SSSR count). The molecule has 10 heteroatoms. The van der Waals surface area contributed by atoms with Crippen LogP contribution < -0.4 is 20.4 Å². The topological polar surface area (TPSA) is 126 Å². The smallest absolute Gasteiger partial charge is 0.311 e. The van der Waals surface area contributed by atoms with Crippen molar-refractivity contribution < 1.29 is 19.2 Å². The second kappa shape index (κ2) is 13.5. The van der Waals surface area contributed by atoms with Gasteiger partial charge in [0.15, 0.2) is 5.75 Å². The summed E-state index contributed by atoms with van der Waals surface area (Å²) in [5.41, 5.74) is 5.09. The quantitative estimate of drug-likeness (QED) is 0.160. The Bertz CT molecular complexity index is 1380. The summed E-state index contributed by atoms with van der Waals surface area (Å²) in [6, 6.07) is 20.5. The van der Waals surface area contributed by atoms with Crippen LogP contribution in [0.15, 0.2) is 83.6 Å². The maximum absolute atomic E-state index is 13.2. The minimum atomic E-state index is -0.658. The maximum atomic E-state index is 13.2. The lowest BCUT2D eigenvalue weighted by Crippen LogP contribution is -2.33. The summed E-state index contributed by atoms with van der Waals surface area (Å²) >= 11 is 0. The Morgan fingerprint density at radius 2 is 1.67 bits per heavy atom. The molecule has 0 atom stereocenters. The summed E-state index contributed by atoms with van der Waals surface area (Å²) in [7, 11) is 1.35. The summed E-state index contributed by atoms with van der Waals surface area (Å²) in [6.45, 7) is 7.48. The molecule has 10 nitrogen and oxygen atoms in total. The number of methoxy groups -OCH3 is 1. The minimum absolute atomic E-state index is 0.0169. The molecule has 2 N–H and O–H groups in total. The van der Waals surface area contributed by atoms with Crippen LogP contribution in [0.3, 0.4) is 0 Å². The van der Waals surface area contributed by atoms with E-state index in [0.717, 1.165) is 18.8 Å². The van der Waals surface area contributed by atoms with Crippen molar-refractivity contribution >= 4 is 35.0 Å². The van der Waals surface area contributed by atoms with Crippen LogP contribution in [-0.2, 0) is 4.79 Å². The summed E-state index contributed by atoms with van der Waals surface area (Å²) in [6.07, 6.45) is 1.56. The van der Waals surface area contributed by atoms with E-state index in [1.807, 2.05) is 24.3 Å². The molecule has 0 unspecified atom stereocenters. The van der Waals surface area contributed by atoms with Gasteiger partial charge in [-0.1, -0.05) is 30.3 Å². The number of ether oxygens (including phenoxy) is 1. The monoisotopic (exact) mass is 529 g/mol. The van der Waals surface area contributed by atoms with Crippen LogP contribution in [0.2, 0.25) is 0 Å². The average Bonchev–Trinajstić information content (AvgIpc) is 2.96. The SMILES string of the molecule is CCN(CC)c1ccc(/C=C(/NC(=O)c2ccccc2)C(=O)N/N=C(/C)c2ccc(OC)c([N+](=O)[O-])c2)cc1. The van der Waals surface area contributed by atoms with E-state index in [1.165, 1.54) is 19.2 Å². The van der Waals surface area contributed by atoms with Crippen LogP contribution >= 0.6 is 0 Å². The highest BCUT2D eigenvalue weighted by molar-refractivity contribution is 6.06. The zero-order valence-electron chi connectivity index (χ0n) is 22.3. The number of rotatable bonds is 11. The molecular formula is C29H31N5O5. The maximum Gasteiger partial charge on any atom is 0.311 e. The Morgan fingerprint density at radius 1 is 1.00 bits per heavy atom. The van der Waals surface area contributed by atoms with Crippen LogP contribution in [0.5, 0.6) is 5.75 Å². The highest BCUT2D eigenvalue weighted by Gasteiger charge is 2.18. The van der Waals surface area contributed by atoms with Crippen molar-refractivity contribution in [3.05, 3.63) is 105 Å². The summed E-state index contributed by atoms with van der Waals surface area (Å²) in [4.78, 5) is 39.0. The van der Waals surface area contributed by atoms with Gasteiger partial charge in [-0.15, -0.1) is 0 Å². The Morgan fingerprint density at radius 3 is 2.26 bits per heavy atom. The molecule has 3 aromatic carbocycles. The van der Waals surface area contributed by atoms with Crippen molar-refractivity contribution in [2.45, 2.75) is 20.8 Å². The third-order valence-corrected chi connectivity index (χ3v) is 5.98. The van der Waals surface area contributed by atoms with Crippen molar-refractivity contribution in [1.82, 2.24) is 10.7 Å². The number of nitro groups is 1. The minimum Gasteiger partial charge on any atom is -0.490 e. The molecule has 0 saturated heterocycles. The number of amides is 2. The summed E-state index contributed by atoms with van der Waals surface area (Å²) in [5, 5.41) is 18.1. The van der Waals surface area contributed by atoms with Crippen molar-refractivity contribution in [1.29, 1.82) is 0 Å². The van der Waals surface area contributed by atoms with E-state index in [9.17, 15) is 19.7 Å². The zero-order valence-corrected chi connectivity index (χ0v) is 22.3. The van der Waals surface area contributed by atoms with Gasteiger partial charge in [0, 0.05) is 36.0 Å². The highest BCUT2D eigenvalue weighted by atomic mass is 16.6. The molecule has 0 bridgehead atoms. The van der Waals surface area contributed by atoms with E-state index in [-0.39, 0.29) is 17.1 Å². The Kier molecular flexibility index (Phi) is 9.91. The molecule has 0 aromatic heterocycles. The van der Waals surface area contributed by atoms with Gasteiger partial charge in [-0.25, -0.2) is 5.43 Å². The molecule has 0 heterocycles. The van der Waals surface area contributed by atoms with E-state index in [1.54, 1.807) is 49.4 Å². The second-order valence-electron chi connectivity index (χ2n) is 8.42. The second-order valence-corrected chi connectivity index (χ2v) is 8.42. The number of carbonyl (C=O) groups is 2. The van der Waals surface area contributed by atoms with Gasteiger partial charge in [-0.05, 0) is 68.8 Å². The van der Waals surface area contributed by atoms with Crippen LogP contribution in [0.25, 0.3) is 6.08 Å². The summed E-state index contributed by atoms with van der Waals surface area (Å²) < 4.78 is 5.03. The Balaban J connectivity index is 1.88. The molecule has 0 aliphatic rings. The Hall–Kier alpha value is -4.99. The number of carbonyl (C=O) groups excluding carboxylic acids is 2. The van der Waals surface area contributed by atoms with Crippen molar-refractivity contribution in [3.63, 3.8) is 0 Å². The Labute approximate surface area is 227 Å². The number of hydrazone groups is 1. The first-order valence-corrected chi connectivity index (χ1v) is 12.4. The van der Waals surface area contributed by atoms with E-state index in [0.29, 0.717) is 22.4 Å². The molecule has 0 aliphatic carbocycles. The lowest BCUT2D eigenvalue weighted by molar-refractivity contribution is -0.385. The van der Waals surface area contributed by atoms with Crippen LogP contribution in [0.1, 0.15) is 42.3 Å². The fourth-order valence-corrected chi connectivity index (χ4v) is 3.80. The fraction of sp³-hybridized carbons (Fsp3) is 0.207. The number of nitrogens with zero attached hydrogens (tertiary/aromatic N) is 3. The molecule has 0 aliphatic heterocycles. The van der Waals surface area contributed by atoms with Gasteiger partial charge in [0.1, 0.15) is 5.70 Å². The van der Waals surface area contributed by atoms with Gasteiger partial charge in [-0.2, -0.15) is 5.10 Å². The number of anilines is 1. The fourth-order valence-electron chi connectivity index (χ4n) is 3.80. The van der Waals surface area contributed by atoms with Crippen LogP contribution in [0.4, 0.5) is 11.4 Å². The predicted molar refractivity (Wildman–Crippen MR) is 152 cm³/mol. The number of nitrogens with one attached hydrogen (secondary N) is 2. The van der Waals surface area contributed by atoms with Gasteiger partial charge in [0.2, 0.25) is 0 Å². The van der Waals surface area contributed by atoms with Gasteiger partial charge < -0.3 is 15.0 Å². The average molecular weight is 530 g/mol.